The summed E-state index contributed by atoms with van der Waals surface area (Å²) in [5, 5.41) is 6.64. The molecule has 0 fully saturated rings. The van der Waals surface area contributed by atoms with Gasteiger partial charge in [0, 0.05) is 18.7 Å². The molecule has 0 radical (unpaired) electrons. The lowest BCUT2D eigenvalue weighted by molar-refractivity contribution is 0.866. The average molecular weight is 270 g/mol. The molecule has 0 aliphatic carbocycles. The van der Waals surface area contributed by atoms with Crippen LogP contribution in [0.2, 0.25) is 0 Å². The van der Waals surface area contributed by atoms with Crippen LogP contribution in [0.4, 0.5) is 11.6 Å². The van der Waals surface area contributed by atoms with E-state index in [0.717, 1.165) is 24.0 Å². The van der Waals surface area contributed by atoms with Crippen LogP contribution in [0.25, 0.3) is 0 Å². The molecule has 106 valence electrons. The molecular formula is C16H22N4. The number of nitrogens with zero attached hydrogens (tertiary/aromatic N) is 2. The molecule has 0 saturated heterocycles. The van der Waals surface area contributed by atoms with Crippen molar-refractivity contribution in [3.63, 3.8) is 0 Å². The fourth-order valence-corrected chi connectivity index (χ4v) is 2.07. The average Bonchev–Trinajstić information content (AvgIpc) is 2.39. The summed E-state index contributed by atoms with van der Waals surface area (Å²) in [6.07, 6.45) is 0. The molecule has 0 aliphatic heterocycles. The highest BCUT2D eigenvalue weighted by atomic mass is 15.1. The minimum absolute atomic E-state index is 0.208. The van der Waals surface area contributed by atoms with Gasteiger partial charge in [-0.3, -0.25) is 0 Å². The minimum Gasteiger partial charge on any atom is -0.370 e. The molecule has 2 aromatic rings. The zero-order valence-electron chi connectivity index (χ0n) is 12.6. The maximum Gasteiger partial charge on any atom is 0.132 e. The van der Waals surface area contributed by atoms with Gasteiger partial charge in [-0.15, -0.1) is 0 Å². The quantitative estimate of drug-likeness (QED) is 0.870. The summed E-state index contributed by atoms with van der Waals surface area (Å²) in [5.74, 6) is 2.47. The molecule has 0 aliphatic rings. The van der Waals surface area contributed by atoms with Gasteiger partial charge in [-0.1, -0.05) is 29.8 Å². The van der Waals surface area contributed by atoms with Crippen LogP contribution in [0.1, 0.15) is 36.8 Å². The summed E-state index contributed by atoms with van der Waals surface area (Å²) < 4.78 is 0. The highest BCUT2D eigenvalue weighted by Gasteiger charge is 2.07. The molecule has 2 N–H and O–H groups in total. The van der Waals surface area contributed by atoms with E-state index in [9.17, 15) is 0 Å². The highest BCUT2D eigenvalue weighted by molar-refractivity contribution is 5.48. The monoisotopic (exact) mass is 270 g/mol. The molecule has 1 atom stereocenters. The second-order valence-corrected chi connectivity index (χ2v) is 4.99. The number of aromatic nitrogens is 2. The van der Waals surface area contributed by atoms with Gasteiger partial charge in [-0.05, 0) is 33.3 Å². The van der Waals surface area contributed by atoms with Crippen LogP contribution in [0.15, 0.2) is 30.3 Å². The van der Waals surface area contributed by atoms with Gasteiger partial charge < -0.3 is 10.6 Å². The third kappa shape index (κ3) is 3.70. The van der Waals surface area contributed by atoms with Crippen molar-refractivity contribution in [2.75, 3.05) is 17.2 Å². The molecule has 4 nitrogen and oxygen atoms in total. The first-order valence-corrected chi connectivity index (χ1v) is 7.01. The number of hydrogen-bond donors (Lipinski definition) is 2. The molecule has 20 heavy (non-hydrogen) atoms. The predicted octanol–water partition coefficient (Wildman–Crippen LogP) is 3.70. The van der Waals surface area contributed by atoms with Gasteiger partial charge in [0.05, 0.1) is 0 Å². The smallest absolute Gasteiger partial charge is 0.132 e. The summed E-state index contributed by atoms with van der Waals surface area (Å²) in [6.45, 7) is 9.04. The van der Waals surface area contributed by atoms with Crippen LogP contribution in [0.3, 0.4) is 0 Å². The molecule has 1 aromatic carbocycles. The first-order chi connectivity index (χ1) is 9.58. The SMILES string of the molecule is CCNc1cc(NC(C)c2ccc(C)cc2)nc(C)n1. The van der Waals surface area contributed by atoms with Crippen molar-refractivity contribution in [3.8, 4) is 0 Å². The van der Waals surface area contributed by atoms with Gasteiger partial charge in [0.25, 0.3) is 0 Å². The number of anilines is 2. The van der Waals surface area contributed by atoms with Crippen molar-refractivity contribution in [2.24, 2.45) is 0 Å². The Morgan fingerprint density at radius 3 is 2.35 bits per heavy atom. The molecular weight excluding hydrogens is 248 g/mol. The van der Waals surface area contributed by atoms with Crippen molar-refractivity contribution in [1.82, 2.24) is 9.97 Å². The summed E-state index contributed by atoms with van der Waals surface area (Å²) in [6, 6.07) is 10.7. The van der Waals surface area contributed by atoms with E-state index in [0.29, 0.717) is 0 Å². The lowest BCUT2D eigenvalue weighted by Gasteiger charge is -2.16. The molecule has 4 heteroatoms. The molecule has 1 aromatic heterocycles. The van der Waals surface area contributed by atoms with Crippen LogP contribution in [0, 0.1) is 13.8 Å². The van der Waals surface area contributed by atoms with Crippen molar-refractivity contribution in [2.45, 2.75) is 33.7 Å². The largest absolute Gasteiger partial charge is 0.370 e. The Balaban J connectivity index is 2.14. The van der Waals surface area contributed by atoms with E-state index in [2.05, 4.69) is 65.6 Å². The van der Waals surface area contributed by atoms with Crippen LogP contribution in [0.5, 0.6) is 0 Å². The minimum atomic E-state index is 0.208. The topological polar surface area (TPSA) is 49.8 Å². The third-order valence-electron chi connectivity index (χ3n) is 3.14. The lowest BCUT2D eigenvalue weighted by Crippen LogP contribution is -2.10. The normalized spacial score (nSPS) is 12.0. The second kappa shape index (κ2) is 6.37. The van der Waals surface area contributed by atoms with Gasteiger partial charge in [0.1, 0.15) is 17.5 Å². The van der Waals surface area contributed by atoms with E-state index < -0.39 is 0 Å². The van der Waals surface area contributed by atoms with Crippen molar-refractivity contribution in [1.29, 1.82) is 0 Å². The molecule has 0 amide bonds. The van der Waals surface area contributed by atoms with E-state index in [4.69, 9.17) is 0 Å². The van der Waals surface area contributed by atoms with Gasteiger partial charge in [-0.2, -0.15) is 0 Å². The summed E-state index contributed by atoms with van der Waals surface area (Å²) in [5.41, 5.74) is 2.52. The predicted molar refractivity (Wildman–Crippen MR) is 84.1 cm³/mol. The number of hydrogen-bond acceptors (Lipinski definition) is 4. The zero-order chi connectivity index (χ0) is 14.5. The number of rotatable bonds is 5. The van der Waals surface area contributed by atoms with E-state index >= 15 is 0 Å². The summed E-state index contributed by atoms with van der Waals surface area (Å²) in [4.78, 5) is 8.79. The van der Waals surface area contributed by atoms with Crippen LogP contribution in [-0.2, 0) is 0 Å². The Morgan fingerprint density at radius 1 is 1.05 bits per heavy atom. The number of nitrogens with one attached hydrogen (secondary N) is 2. The highest BCUT2D eigenvalue weighted by Crippen LogP contribution is 2.20. The Hall–Kier alpha value is -2.10. The van der Waals surface area contributed by atoms with Crippen LogP contribution < -0.4 is 10.6 Å². The van der Waals surface area contributed by atoms with Gasteiger partial charge in [0.2, 0.25) is 0 Å². The van der Waals surface area contributed by atoms with Gasteiger partial charge in [-0.25, -0.2) is 9.97 Å². The lowest BCUT2D eigenvalue weighted by atomic mass is 10.1. The van der Waals surface area contributed by atoms with Crippen LogP contribution in [-0.4, -0.2) is 16.5 Å². The Bertz CT molecular complexity index is 563. The fraction of sp³-hybridized carbons (Fsp3) is 0.375. The molecule has 0 saturated carbocycles. The maximum absolute atomic E-state index is 4.44. The van der Waals surface area contributed by atoms with E-state index in [1.807, 2.05) is 13.0 Å². The van der Waals surface area contributed by atoms with E-state index in [1.54, 1.807) is 0 Å². The summed E-state index contributed by atoms with van der Waals surface area (Å²) >= 11 is 0. The molecule has 1 unspecified atom stereocenters. The number of benzene rings is 1. The standard InChI is InChI=1S/C16H22N4/c1-5-17-15-10-16(20-13(4)19-15)18-12(3)14-8-6-11(2)7-9-14/h6-10,12H,5H2,1-4H3,(H2,17,18,19,20). The molecule has 0 spiro atoms. The number of aryl methyl sites for hydroxylation is 2. The first kappa shape index (κ1) is 14.3. The summed E-state index contributed by atoms with van der Waals surface area (Å²) in [7, 11) is 0. The zero-order valence-corrected chi connectivity index (χ0v) is 12.6. The van der Waals surface area contributed by atoms with E-state index in [1.165, 1.54) is 11.1 Å². The molecule has 1 heterocycles. The third-order valence-corrected chi connectivity index (χ3v) is 3.14. The van der Waals surface area contributed by atoms with Crippen LogP contribution >= 0.6 is 0 Å². The van der Waals surface area contributed by atoms with Crippen molar-refractivity contribution >= 4 is 11.6 Å². The first-order valence-electron chi connectivity index (χ1n) is 7.01. The van der Waals surface area contributed by atoms with E-state index in [-0.39, 0.29) is 6.04 Å². The second-order valence-electron chi connectivity index (χ2n) is 4.99. The Morgan fingerprint density at radius 2 is 1.70 bits per heavy atom. The Kier molecular flexibility index (Phi) is 4.56. The van der Waals surface area contributed by atoms with Gasteiger partial charge in [0.15, 0.2) is 0 Å². The Labute approximate surface area is 120 Å². The fourth-order valence-electron chi connectivity index (χ4n) is 2.07. The van der Waals surface area contributed by atoms with Crippen molar-refractivity contribution < 1.29 is 0 Å². The van der Waals surface area contributed by atoms with Gasteiger partial charge >= 0.3 is 0 Å². The molecule has 0 bridgehead atoms. The maximum atomic E-state index is 4.44. The molecule has 2 rings (SSSR count). The van der Waals surface area contributed by atoms with Crippen molar-refractivity contribution in [3.05, 3.63) is 47.3 Å².